The van der Waals surface area contributed by atoms with Gasteiger partial charge in [-0.1, -0.05) is 39.5 Å². The molecule has 1 rings (SSSR count). The predicted molar refractivity (Wildman–Crippen MR) is 77.9 cm³/mol. The normalized spacial score (nSPS) is 19.6. The molecule has 112 valence electrons. The molecule has 1 aliphatic carbocycles. The van der Waals surface area contributed by atoms with Crippen LogP contribution in [0.25, 0.3) is 0 Å². The Kier molecular flexibility index (Phi) is 7.39. The van der Waals surface area contributed by atoms with Crippen molar-refractivity contribution in [2.75, 3.05) is 13.1 Å². The van der Waals surface area contributed by atoms with Gasteiger partial charge in [0, 0.05) is 13.1 Å². The lowest BCUT2D eigenvalue weighted by molar-refractivity contribution is -0.123. The monoisotopic (exact) mass is 270 g/mol. The first-order valence-electron chi connectivity index (χ1n) is 7.68. The average molecular weight is 270 g/mol. The van der Waals surface area contributed by atoms with Crippen LogP contribution in [0.5, 0.6) is 0 Å². The molecule has 0 bridgehead atoms. The summed E-state index contributed by atoms with van der Waals surface area (Å²) in [6, 6.07) is -0.239. The molecule has 1 saturated carbocycles. The molecule has 1 amide bonds. The first kappa shape index (κ1) is 16.4. The number of aliphatic hydroxyl groups excluding tert-OH is 1. The number of rotatable bonds is 8. The topological polar surface area (TPSA) is 61.4 Å². The minimum atomic E-state index is -0.330. The van der Waals surface area contributed by atoms with Crippen molar-refractivity contribution >= 4 is 5.91 Å². The van der Waals surface area contributed by atoms with E-state index in [1.165, 1.54) is 25.7 Å². The van der Waals surface area contributed by atoms with E-state index in [2.05, 4.69) is 24.5 Å². The highest BCUT2D eigenvalue weighted by Gasteiger charge is 2.20. The molecule has 0 spiro atoms. The predicted octanol–water partition coefficient (Wildman–Crippen LogP) is 1.68. The Hall–Kier alpha value is -0.610. The van der Waals surface area contributed by atoms with E-state index in [0.717, 1.165) is 6.42 Å². The highest BCUT2D eigenvalue weighted by atomic mass is 16.3. The molecule has 0 aromatic heterocycles. The summed E-state index contributed by atoms with van der Waals surface area (Å²) < 4.78 is 0. The molecule has 1 fully saturated rings. The molecule has 0 aliphatic heterocycles. The van der Waals surface area contributed by atoms with Crippen LogP contribution in [0, 0.1) is 11.8 Å². The molecule has 0 saturated heterocycles. The summed E-state index contributed by atoms with van der Waals surface area (Å²) in [5.74, 6) is 1.16. The number of hydrogen-bond donors (Lipinski definition) is 3. The molecule has 0 aromatic rings. The van der Waals surface area contributed by atoms with E-state index in [9.17, 15) is 9.90 Å². The van der Waals surface area contributed by atoms with Crippen molar-refractivity contribution in [2.45, 2.75) is 65.0 Å². The maximum absolute atomic E-state index is 11.7. The second-order valence-corrected chi connectivity index (χ2v) is 6.31. The van der Waals surface area contributed by atoms with Gasteiger partial charge in [-0.05, 0) is 25.2 Å². The first-order valence-corrected chi connectivity index (χ1v) is 7.68. The summed E-state index contributed by atoms with van der Waals surface area (Å²) in [5.41, 5.74) is 0. The third-order valence-electron chi connectivity index (χ3n) is 3.82. The number of nitrogens with one attached hydrogen (secondary N) is 2. The third-order valence-corrected chi connectivity index (χ3v) is 3.82. The van der Waals surface area contributed by atoms with Gasteiger partial charge >= 0.3 is 0 Å². The molecular weight excluding hydrogens is 240 g/mol. The van der Waals surface area contributed by atoms with Gasteiger partial charge in [0.25, 0.3) is 0 Å². The van der Waals surface area contributed by atoms with Crippen molar-refractivity contribution in [2.24, 2.45) is 11.8 Å². The Bertz CT molecular complexity index is 263. The van der Waals surface area contributed by atoms with Gasteiger partial charge in [0.2, 0.25) is 5.91 Å². The van der Waals surface area contributed by atoms with Crippen molar-refractivity contribution in [3.8, 4) is 0 Å². The molecule has 0 radical (unpaired) electrons. The summed E-state index contributed by atoms with van der Waals surface area (Å²) in [5, 5.41) is 16.0. The molecule has 19 heavy (non-hydrogen) atoms. The van der Waals surface area contributed by atoms with Crippen LogP contribution in [0.2, 0.25) is 0 Å². The summed E-state index contributed by atoms with van der Waals surface area (Å²) in [4.78, 5) is 11.7. The largest absolute Gasteiger partial charge is 0.392 e. The van der Waals surface area contributed by atoms with Crippen LogP contribution in [-0.2, 0) is 4.79 Å². The first-order chi connectivity index (χ1) is 8.99. The number of carbonyl (C=O) groups is 1. The molecule has 4 nitrogen and oxygen atoms in total. The van der Waals surface area contributed by atoms with Gasteiger partial charge in [-0.3, -0.25) is 4.79 Å². The Morgan fingerprint density at radius 1 is 1.21 bits per heavy atom. The fourth-order valence-corrected chi connectivity index (χ4v) is 2.58. The Morgan fingerprint density at radius 3 is 2.42 bits per heavy atom. The highest BCUT2D eigenvalue weighted by molar-refractivity contribution is 5.81. The quantitative estimate of drug-likeness (QED) is 0.629. The minimum absolute atomic E-state index is 0.0155. The molecule has 1 aliphatic rings. The van der Waals surface area contributed by atoms with Crippen LogP contribution in [0.3, 0.4) is 0 Å². The molecule has 2 unspecified atom stereocenters. The lowest BCUT2D eigenvalue weighted by atomic mass is 10.00. The number of carbonyl (C=O) groups excluding carboxylic acids is 1. The summed E-state index contributed by atoms with van der Waals surface area (Å²) in [6.45, 7) is 7.20. The maximum atomic E-state index is 11.7. The standard InChI is InChI=1S/C15H30N2O2/c1-11(2)9-17-15(19)12(3)16-10-14(18)8-13-6-4-5-7-13/h11-14,16,18H,4-10H2,1-3H3,(H,17,19). The van der Waals surface area contributed by atoms with Gasteiger partial charge in [0.1, 0.15) is 0 Å². The highest BCUT2D eigenvalue weighted by Crippen LogP contribution is 2.28. The maximum Gasteiger partial charge on any atom is 0.236 e. The van der Waals surface area contributed by atoms with Crippen molar-refractivity contribution in [3.05, 3.63) is 0 Å². The molecule has 0 heterocycles. The SMILES string of the molecule is CC(C)CNC(=O)C(C)NCC(O)CC1CCCC1. The molecule has 3 N–H and O–H groups in total. The molecule has 0 aromatic carbocycles. The Morgan fingerprint density at radius 2 is 1.84 bits per heavy atom. The van der Waals surface area contributed by atoms with E-state index in [4.69, 9.17) is 0 Å². The van der Waals surface area contributed by atoms with Crippen molar-refractivity contribution in [1.29, 1.82) is 0 Å². The van der Waals surface area contributed by atoms with Crippen LogP contribution in [0.1, 0.15) is 52.9 Å². The number of aliphatic hydroxyl groups is 1. The van der Waals surface area contributed by atoms with Crippen molar-refractivity contribution < 1.29 is 9.90 Å². The fraction of sp³-hybridized carbons (Fsp3) is 0.933. The van der Waals surface area contributed by atoms with E-state index in [1.807, 2.05) is 6.92 Å². The zero-order valence-electron chi connectivity index (χ0n) is 12.6. The van der Waals surface area contributed by atoms with Crippen LogP contribution in [0.15, 0.2) is 0 Å². The van der Waals surface area contributed by atoms with E-state index in [0.29, 0.717) is 24.9 Å². The Labute approximate surface area is 117 Å². The van der Waals surface area contributed by atoms with Gasteiger partial charge in [-0.2, -0.15) is 0 Å². The fourth-order valence-electron chi connectivity index (χ4n) is 2.58. The van der Waals surface area contributed by atoms with Crippen LogP contribution < -0.4 is 10.6 Å². The second kappa shape index (κ2) is 8.54. The zero-order chi connectivity index (χ0) is 14.3. The van der Waals surface area contributed by atoms with Crippen molar-refractivity contribution in [3.63, 3.8) is 0 Å². The van der Waals surface area contributed by atoms with Crippen LogP contribution >= 0.6 is 0 Å². The lowest BCUT2D eigenvalue weighted by Gasteiger charge is -2.19. The van der Waals surface area contributed by atoms with E-state index in [1.54, 1.807) is 0 Å². The van der Waals surface area contributed by atoms with Crippen LogP contribution in [0.4, 0.5) is 0 Å². The summed E-state index contributed by atoms with van der Waals surface area (Å²) >= 11 is 0. The van der Waals surface area contributed by atoms with Gasteiger partial charge in [0.05, 0.1) is 12.1 Å². The van der Waals surface area contributed by atoms with Gasteiger partial charge in [0.15, 0.2) is 0 Å². The van der Waals surface area contributed by atoms with E-state index < -0.39 is 0 Å². The molecule has 4 heteroatoms. The van der Waals surface area contributed by atoms with Crippen molar-refractivity contribution in [1.82, 2.24) is 10.6 Å². The third kappa shape index (κ3) is 6.92. The average Bonchev–Trinajstić information content (AvgIpc) is 2.85. The molecule has 2 atom stereocenters. The van der Waals surface area contributed by atoms with E-state index >= 15 is 0 Å². The summed E-state index contributed by atoms with van der Waals surface area (Å²) in [6.07, 6.45) is 5.65. The number of amides is 1. The van der Waals surface area contributed by atoms with Gasteiger partial charge < -0.3 is 15.7 Å². The smallest absolute Gasteiger partial charge is 0.236 e. The van der Waals surface area contributed by atoms with Gasteiger partial charge in [-0.15, -0.1) is 0 Å². The lowest BCUT2D eigenvalue weighted by Crippen LogP contribution is -2.45. The minimum Gasteiger partial charge on any atom is -0.392 e. The molecular formula is C15H30N2O2. The van der Waals surface area contributed by atoms with Crippen LogP contribution in [-0.4, -0.2) is 36.2 Å². The Balaban J connectivity index is 2.13. The number of hydrogen-bond acceptors (Lipinski definition) is 3. The van der Waals surface area contributed by atoms with E-state index in [-0.39, 0.29) is 18.1 Å². The zero-order valence-corrected chi connectivity index (χ0v) is 12.6. The summed E-state index contributed by atoms with van der Waals surface area (Å²) in [7, 11) is 0. The van der Waals surface area contributed by atoms with Gasteiger partial charge in [-0.25, -0.2) is 0 Å². The second-order valence-electron chi connectivity index (χ2n) is 6.31.